The van der Waals surface area contributed by atoms with Gasteiger partial charge in [-0.25, -0.2) is 4.98 Å². The normalized spacial score (nSPS) is 11.3. The molecule has 6 heteroatoms. The van der Waals surface area contributed by atoms with Crippen LogP contribution in [0.4, 0.5) is 5.13 Å². The van der Waals surface area contributed by atoms with Crippen molar-refractivity contribution in [3.63, 3.8) is 0 Å². The van der Waals surface area contributed by atoms with Gasteiger partial charge in [0.15, 0.2) is 5.13 Å². The van der Waals surface area contributed by atoms with Gasteiger partial charge in [0.2, 0.25) is 0 Å². The fraction of sp³-hybridized carbons (Fsp3) is 0.333. The van der Waals surface area contributed by atoms with Crippen LogP contribution in [0, 0.1) is 6.92 Å². The molecule has 0 aliphatic rings. The average molecular weight is 401 g/mol. The van der Waals surface area contributed by atoms with Gasteiger partial charge in [0, 0.05) is 23.4 Å². The molecule has 0 fully saturated rings. The zero-order chi connectivity index (χ0) is 19.4. The lowest BCUT2D eigenvalue weighted by Crippen LogP contribution is -3.05. The number of para-hydroxylation sites is 1. The van der Waals surface area contributed by atoms with E-state index in [0.29, 0.717) is 12.1 Å². The summed E-state index contributed by atoms with van der Waals surface area (Å²) in [7, 11) is 4.27. The number of anilines is 1. The second kappa shape index (κ2) is 8.87. The SMILES string of the molecule is CSc1ccc(C(=O)N(CCC[NH+](C)C)c2nc3c(C)cccc3s2)cc1. The minimum atomic E-state index is 0.0214. The highest BCUT2D eigenvalue weighted by molar-refractivity contribution is 7.98. The van der Waals surface area contributed by atoms with E-state index in [4.69, 9.17) is 4.98 Å². The second-order valence-electron chi connectivity index (χ2n) is 6.91. The van der Waals surface area contributed by atoms with E-state index in [1.165, 1.54) is 4.90 Å². The van der Waals surface area contributed by atoms with Crippen LogP contribution in [-0.2, 0) is 0 Å². The minimum absolute atomic E-state index is 0.0214. The van der Waals surface area contributed by atoms with Gasteiger partial charge in [-0.1, -0.05) is 23.5 Å². The Bertz CT molecular complexity index is 919. The average Bonchev–Trinajstić information content (AvgIpc) is 3.10. The molecule has 1 N–H and O–H groups in total. The summed E-state index contributed by atoms with van der Waals surface area (Å²) < 4.78 is 1.12. The van der Waals surface area contributed by atoms with Crippen LogP contribution >= 0.6 is 23.1 Å². The summed E-state index contributed by atoms with van der Waals surface area (Å²) in [5, 5.41) is 0.784. The van der Waals surface area contributed by atoms with E-state index in [0.717, 1.165) is 38.8 Å². The van der Waals surface area contributed by atoms with Gasteiger partial charge in [0.05, 0.1) is 30.9 Å². The van der Waals surface area contributed by atoms with Crippen molar-refractivity contribution >= 4 is 44.4 Å². The molecule has 1 heterocycles. The summed E-state index contributed by atoms with van der Waals surface area (Å²) in [6.45, 7) is 3.75. The van der Waals surface area contributed by atoms with Crippen molar-refractivity contribution in [3.05, 3.63) is 53.6 Å². The Morgan fingerprint density at radius 1 is 1.19 bits per heavy atom. The van der Waals surface area contributed by atoms with Crippen LogP contribution < -0.4 is 9.80 Å². The number of carbonyl (C=O) groups is 1. The third-order valence-corrected chi connectivity index (χ3v) is 6.27. The Balaban J connectivity index is 1.93. The number of benzene rings is 2. The molecule has 0 unspecified atom stereocenters. The van der Waals surface area contributed by atoms with Crippen LogP contribution in [0.15, 0.2) is 47.4 Å². The smallest absolute Gasteiger partial charge is 0.260 e. The van der Waals surface area contributed by atoms with Crippen LogP contribution in [0.5, 0.6) is 0 Å². The van der Waals surface area contributed by atoms with Crippen LogP contribution in [-0.4, -0.2) is 44.3 Å². The van der Waals surface area contributed by atoms with Crippen molar-refractivity contribution in [1.82, 2.24) is 4.98 Å². The van der Waals surface area contributed by atoms with Crippen LogP contribution in [0.25, 0.3) is 10.2 Å². The highest BCUT2D eigenvalue weighted by atomic mass is 32.2. The van der Waals surface area contributed by atoms with Crippen molar-refractivity contribution in [1.29, 1.82) is 0 Å². The van der Waals surface area contributed by atoms with Gasteiger partial charge in [-0.2, -0.15) is 0 Å². The molecule has 2 aromatic carbocycles. The largest absolute Gasteiger partial charge is 0.340 e. The van der Waals surface area contributed by atoms with Crippen LogP contribution in [0.3, 0.4) is 0 Å². The quantitative estimate of drug-likeness (QED) is 0.617. The number of hydrogen-bond donors (Lipinski definition) is 1. The van der Waals surface area contributed by atoms with Gasteiger partial charge >= 0.3 is 0 Å². The maximum atomic E-state index is 13.3. The molecule has 0 saturated heterocycles. The Labute approximate surface area is 169 Å². The summed E-state index contributed by atoms with van der Waals surface area (Å²) in [5.41, 5.74) is 2.84. The minimum Gasteiger partial charge on any atom is -0.340 e. The molecule has 3 aromatic rings. The number of aromatic nitrogens is 1. The number of nitrogens with one attached hydrogen (secondary N) is 1. The van der Waals surface area contributed by atoms with Gasteiger partial charge in [-0.3, -0.25) is 9.69 Å². The predicted molar refractivity (Wildman–Crippen MR) is 117 cm³/mol. The van der Waals surface area contributed by atoms with Gasteiger partial charge in [0.1, 0.15) is 0 Å². The Morgan fingerprint density at radius 3 is 2.56 bits per heavy atom. The van der Waals surface area contributed by atoms with E-state index in [2.05, 4.69) is 33.2 Å². The number of quaternary nitrogens is 1. The molecule has 3 rings (SSSR count). The van der Waals surface area contributed by atoms with Crippen LogP contribution in [0.2, 0.25) is 0 Å². The van der Waals surface area contributed by atoms with Crippen LogP contribution in [0.1, 0.15) is 22.3 Å². The van der Waals surface area contributed by atoms with Crippen molar-refractivity contribution in [2.24, 2.45) is 0 Å². The standard InChI is InChI=1S/C21H25N3OS2/c1-15-7-5-8-18-19(15)22-21(27-18)24(14-6-13-23(2)3)20(25)16-9-11-17(26-4)12-10-16/h5,7-12H,6,13-14H2,1-4H3/p+1. The highest BCUT2D eigenvalue weighted by Gasteiger charge is 2.21. The van der Waals surface area contributed by atoms with E-state index in [1.807, 2.05) is 41.5 Å². The van der Waals surface area contributed by atoms with E-state index in [-0.39, 0.29) is 5.91 Å². The lowest BCUT2D eigenvalue weighted by atomic mass is 10.2. The maximum Gasteiger partial charge on any atom is 0.260 e. The van der Waals surface area contributed by atoms with E-state index in [9.17, 15) is 4.79 Å². The van der Waals surface area contributed by atoms with Crippen molar-refractivity contribution in [3.8, 4) is 0 Å². The fourth-order valence-electron chi connectivity index (χ4n) is 2.95. The molecule has 0 bridgehead atoms. The summed E-state index contributed by atoms with van der Waals surface area (Å²) in [6, 6.07) is 14.0. The number of amides is 1. The zero-order valence-electron chi connectivity index (χ0n) is 16.3. The number of nitrogens with zero attached hydrogens (tertiary/aromatic N) is 2. The number of rotatable bonds is 7. The number of carbonyl (C=O) groups excluding carboxylic acids is 1. The zero-order valence-corrected chi connectivity index (χ0v) is 17.9. The predicted octanol–water partition coefficient (Wildman–Crippen LogP) is 3.51. The first-order chi connectivity index (χ1) is 13.0. The van der Waals surface area contributed by atoms with Crippen molar-refractivity contribution in [2.75, 3.05) is 38.3 Å². The van der Waals surface area contributed by atoms with Crippen molar-refractivity contribution in [2.45, 2.75) is 18.2 Å². The fourth-order valence-corrected chi connectivity index (χ4v) is 4.43. The number of aryl methyl sites for hydroxylation is 1. The molecule has 0 radical (unpaired) electrons. The number of hydrogen-bond acceptors (Lipinski definition) is 4. The second-order valence-corrected chi connectivity index (χ2v) is 8.80. The molecular formula is C21H26N3OS2+. The first-order valence-corrected chi connectivity index (χ1v) is 11.1. The Morgan fingerprint density at radius 2 is 1.93 bits per heavy atom. The van der Waals surface area contributed by atoms with E-state index >= 15 is 0 Å². The monoisotopic (exact) mass is 400 g/mol. The molecule has 0 spiro atoms. The van der Waals surface area contributed by atoms with Gasteiger partial charge in [0.25, 0.3) is 5.91 Å². The van der Waals surface area contributed by atoms with Gasteiger partial charge in [-0.15, -0.1) is 11.8 Å². The third-order valence-electron chi connectivity index (χ3n) is 4.48. The highest BCUT2D eigenvalue weighted by Crippen LogP contribution is 2.31. The molecule has 4 nitrogen and oxygen atoms in total. The lowest BCUT2D eigenvalue weighted by Gasteiger charge is -2.20. The number of thioether (sulfide) groups is 1. The van der Waals surface area contributed by atoms with Crippen molar-refractivity contribution < 1.29 is 9.69 Å². The van der Waals surface area contributed by atoms with E-state index < -0.39 is 0 Å². The maximum absolute atomic E-state index is 13.3. The number of fused-ring (bicyclic) bond motifs is 1. The van der Waals surface area contributed by atoms with E-state index in [1.54, 1.807) is 23.1 Å². The molecule has 1 amide bonds. The molecule has 0 aliphatic heterocycles. The summed E-state index contributed by atoms with van der Waals surface area (Å²) in [4.78, 5) is 22.5. The molecule has 1 aromatic heterocycles. The topological polar surface area (TPSA) is 37.6 Å². The first-order valence-electron chi connectivity index (χ1n) is 9.10. The summed E-state index contributed by atoms with van der Waals surface area (Å²) in [5.74, 6) is 0.0214. The molecule has 0 atom stereocenters. The summed E-state index contributed by atoms with van der Waals surface area (Å²) >= 11 is 3.27. The van der Waals surface area contributed by atoms with Gasteiger partial charge < -0.3 is 4.90 Å². The molecular weight excluding hydrogens is 374 g/mol. The molecule has 0 saturated carbocycles. The summed E-state index contributed by atoms with van der Waals surface area (Å²) in [6.07, 6.45) is 2.97. The third kappa shape index (κ3) is 4.69. The number of thiazole rings is 1. The Hall–Kier alpha value is -1.89. The molecule has 0 aliphatic carbocycles. The molecule has 27 heavy (non-hydrogen) atoms. The molecule has 142 valence electrons. The first kappa shape index (κ1) is 19.9. The Kier molecular flexibility index (Phi) is 6.52. The lowest BCUT2D eigenvalue weighted by molar-refractivity contribution is -0.858. The van der Waals surface area contributed by atoms with Gasteiger partial charge in [-0.05, 0) is 49.1 Å².